The monoisotopic (exact) mass is 414 g/mol. The second-order valence-corrected chi connectivity index (χ2v) is 8.45. The van der Waals surface area contributed by atoms with E-state index in [1.54, 1.807) is 60.0 Å². The summed E-state index contributed by atoms with van der Waals surface area (Å²) in [5, 5.41) is 3.02. The molecule has 0 atom stereocenters. The van der Waals surface area contributed by atoms with Crippen LogP contribution in [0.5, 0.6) is 0 Å². The number of hydrogen-bond acceptors (Lipinski definition) is 5. The molecule has 1 amide bonds. The summed E-state index contributed by atoms with van der Waals surface area (Å²) in [5.41, 5.74) is 1.58. The van der Waals surface area contributed by atoms with Gasteiger partial charge in [-0.15, -0.1) is 0 Å². The van der Waals surface area contributed by atoms with Crippen LogP contribution in [-0.2, 0) is 30.7 Å². The van der Waals surface area contributed by atoms with Crippen LogP contribution in [-0.4, -0.2) is 38.0 Å². The first-order valence-electron chi connectivity index (χ1n) is 9.15. The highest BCUT2D eigenvalue weighted by molar-refractivity contribution is 7.91. The molecule has 0 spiro atoms. The number of amides is 1. The smallest absolute Gasteiger partial charge is 0.325 e. The number of para-hydroxylation sites is 1. The van der Waals surface area contributed by atoms with E-state index >= 15 is 0 Å². The van der Waals surface area contributed by atoms with Crippen molar-refractivity contribution in [2.75, 3.05) is 13.2 Å². The number of hydrogen-bond donors (Lipinski definition) is 1. The number of aromatic nitrogens is 1. The second-order valence-electron chi connectivity index (χ2n) is 6.54. The first-order chi connectivity index (χ1) is 13.8. The van der Waals surface area contributed by atoms with Crippen molar-refractivity contribution >= 4 is 32.6 Å². The van der Waals surface area contributed by atoms with Crippen molar-refractivity contribution in [1.82, 2.24) is 9.88 Å². The van der Waals surface area contributed by atoms with Crippen molar-refractivity contribution in [3.8, 4) is 0 Å². The number of carbonyl (C=O) groups is 2. The molecule has 1 aromatic heterocycles. The molecule has 1 N–H and O–H groups in total. The van der Waals surface area contributed by atoms with Gasteiger partial charge in [0.2, 0.25) is 15.7 Å². The lowest BCUT2D eigenvalue weighted by Gasteiger charge is -2.07. The van der Waals surface area contributed by atoms with Crippen molar-refractivity contribution in [3.63, 3.8) is 0 Å². The van der Waals surface area contributed by atoms with Gasteiger partial charge in [-0.3, -0.25) is 9.59 Å². The van der Waals surface area contributed by atoms with Gasteiger partial charge in [0.15, 0.2) is 0 Å². The van der Waals surface area contributed by atoms with Crippen molar-refractivity contribution < 1.29 is 22.7 Å². The number of aryl methyl sites for hydroxylation is 1. The van der Waals surface area contributed by atoms with E-state index in [4.69, 9.17) is 4.74 Å². The number of nitrogens with zero attached hydrogens (tertiary/aromatic N) is 1. The summed E-state index contributed by atoms with van der Waals surface area (Å²) >= 11 is 0. The molecule has 0 saturated heterocycles. The summed E-state index contributed by atoms with van der Waals surface area (Å²) < 4.78 is 32.7. The Kier molecular flexibility index (Phi) is 6.03. The molecule has 2 aromatic carbocycles. The molecule has 0 aliphatic carbocycles. The van der Waals surface area contributed by atoms with Crippen molar-refractivity contribution in [2.24, 2.45) is 0 Å². The number of rotatable bonds is 7. The first-order valence-corrected chi connectivity index (χ1v) is 10.6. The molecule has 3 aromatic rings. The van der Waals surface area contributed by atoms with Gasteiger partial charge in [-0.1, -0.05) is 35.9 Å². The van der Waals surface area contributed by atoms with Gasteiger partial charge in [0.1, 0.15) is 13.1 Å². The molecule has 1 heterocycles. The van der Waals surface area contributed by atoms with E-state index in [-0.39, 0.29) is 29.5 Å². The number of esters is 1. The summed E-state index contributed by atoms with van der Waals surface area (Å²) in [5.74, 6) is -0.945. The van der Waals surface area contributed by atoms with Crippen LogP contribution in [0.2, 0.25) is 0 Å². The van der Waals surface area contributed by atoms with E-state index in [0.29, 0.717) is 10.9 Å². The lowest BCUT2D eigenvalue weighted by molar-refractivity contribution is -0.143. The van der Waals surface area contributed by atoms with Crippen LogP contribution in [0.25, 0.3) is 10.9 Å². The normalized spacial score (nSPS) is 11.4. The molecule has 0 saturated carbocycles. The average molecular weight is 414 g/mol. The molecule has 0 fully saturated rings. The Morgan fingerprint density at radius 2 is 1.76 bits per heavy atom. The number of ether oxygens (including phenoxy) is 1. The second kappa shape index (κ2) is 8.48. The van der Waals surface area contributed by atoms with Crippen LogP contribution in [0.4, 0.5) is 0 Å². The molecule has 152 valence electrons. The largest absolute Gasteiger partial charge is 0.465 e. The lowest BCUT2D eigenvalue weighted by Crippen LogP contribution is -2.33. The van der Waals surface area contributed by atoms with E-state index in [1.165, 1.54) is 6.20 Å². The zero-order valence-corrected chi connectivity index (χ0v) is 17.0. The predicted molar refractivity (Wildman–Crippen MR) is 108 cm³/mol. The van der Waals surface area contributed by atoms with Crippen LogP contribution < -0.4 is 5.32 Å². The minimum atomic E-state index is -3.76. The summed E-state index contributed by atoms with van der Waals surface area (Å²) in [7, 11) is -3.76. The van der Waals surface area contributed by atoms with E-state index in [9.17, 15) is 18.0 Å². The van der Waals surface area contributed by atoms with Crippen molar-refractivity contribution in [3.05, 3.63) is 60.3 Å². The van der Waals surface area contributed by atoms with Crippen LogP contribution in [0.3, 0.4) is 0 Å². The van der Waals surface area contributed by atoms with Gasteiger partial charge in [0.25, 0.3) is 0 Å². The van der Waals surface area contributed by atoms with E-state index < -0.39 is 21.7 Å². The highest BCUT2D eigenvalue weighted by atomic mass is 32.2. The summed E-state index contributed by atoms with van der Waals surface area (Å²) in [6.07, 6.45) is 1.46. The van der Waals surface area contributed by atoms with Crippen molar-refractivity contribution in [2.45, 2.75) is 30.2 Å². The maximum absolute atomic E-state index is 13.2. The molecule has 0 unspecified atom stereocenters. The third kappa shape index (κ3) is 4.48. The number of benzene rings is 2. The van der Waals surface area contributed by atoms with Crippen molar-refractivity contribution in [1.29, 1.82) is 0 Å². The molecule has 3 rings (SSSR count). The Hall–Kier alpha value is -3.13. The number of carbonyl (C=O) groups excluding carboxylic acids is 2. The number of nitrogens with one attached hydrogen (secondary N) is 1. The molecule has 8 heteroatoms. The summed E-state index contributed by atoms with van der Waals surface area (Å²) in [4.78, 5) is 24.0. The molecule has 29 heavy (non-hydrogen) atoms. The minimum absolute atomic E-state index is 0.122. The fourth-order valence-corrected chi connectivity index (χ4v) is 4.47. The Labute approximate surface area is 169 Å². The van der Waals surface area contributed by atoms with Gasteiger partial charge in [-0.05, 0) is 32.0 Å². The number of sulfone groups is 1. The van der Waals surface area contributed by atoms with Crippen LogP contribution in [0.15, 0.2) is 64.5 Å². The zero-order valence-electron chi connectivity index (χ0n) is 16.2. The zero-order chi connectivity index (χ0) is 21.0. The summed E-state index contributed by atoms with van der Waals surface area (Å²) in [6.45, 7) is 3.44. The predicted octanol–water partition coefficient (Wildman–Crippen LogP) is 2.46. The van der Waals surface area contributed by atoms with Crippen LogP contribution >= 0.6 is 0 Å². The third-order valence-electron chi connectivity index (χ3n) is 4.42. The van der Waals surface area contributed by atoms with Gasteiger partial charge in [0, 0.05) is 17.1 Å². The number of fused-ring (bicyclic) bond motifs is 1. The van der Waals surface area contributed by atoms with E-state index in [2.05, 4.69) is 5.32 Å². The maximum atomic E-state index is 13.2. The molecule has 0 aliphatic heterocycles. The standard InChI is InChI=1S/C21H22N2O5S/c1-3-28-21(25)12-22-20(24)14-23-13-19(17-6-4-5-7-18(17)23)29(26,27)16-10-8-15(2)9-11-16/h4-11,13H,3,12,14H2,1-2H3,(H,22,24). The molecule has 0 aliphatic rings. The highest BCUT2D eigenvalue weighted by Crippen LogP contribution is 2.30. The van der Waals surface area contributed by atoms with E-state index in [0.717, 1.165) is 5.56 Å². The van der Waals surface area contributed by atoms with E-state index in [1.807, 2.05) is 6.92 Å². The fraction of sp³-hybridized carbons (Fsp3) is 0.238. The first kappa shape index (κ1) is 20.6. The molecule has 0 bridgehead atoms. The average Bonchev–Trinajstić information content (AvgIpc) is 3.06. The van der Waals surface area contributed by atoms with Crippen LogP contribution in [0, 0.1) is 6.92 Å². The van der Waals surface area contributed by atoms with Gasteiger partial charge in [-0.25, -0.2) is 8.42 Å². The Bertz CT molecular complexity index is 1150. The topological polar surface area (TPSA) is 94.5 Å². The fourth-order valence-electron chi connectivity index (χ4n) is 3.00. The molecule has 7 nitrogen and oxygen atoms in total. The maximum Gasteiger partial charge on any atom is 0.325 e. The Morgan fingerprint density at radius 1 is 1.07 bits per heavy atom. The highest BCUT2D eigenvalue weighted by Gasteiger charge is 2.23. The molecular formula is C21H22N2O5S. The van der Waals surface area contributed by atoms with Crippen LogP contribution in [0.1, 0.15) is 12.5 Å². The van der Waals surface area contributed by atoms with Gasteiger partial charge in [0.05, 0.1) is 16.4 Å². The summed E-state index contributed by atoms with van der Waals surface area (Å²) in [6, 6.07) is 13.6. The third-order valence-corrected chi connectivity index (χ3v) is 6.22. The Morgan fingerprint density at radius 3 is 2.45 bits per heavy atom. The minimum Gasteiger partial charge on any atom is -0.465 e. The SMILES string of the molecule is CCOC(=O)CNC(=O)Cn1cc(S(=O)(=O)c2ccc(C)cc2)c2ccccc21. The quantitative estimate of drug-likeness (QED) is 0.600. The molecular weight excluding hydrogens is 392 g/mol. The Balaban J connectivity index is 1.92. The van der Waals surface area contributed by atoms with Gasteiger partial charge >= 0.3 is 5.97 Å². The lowest BCUT2D eigenvalue weighted by atomic mass is 10.2. The molecule has 0 radical (unpaired) electrons. The van der Waals surface area contributed by atoms with Gasteiger partial charge < -0.3 is 14.6 Å². The van der Waals surface area contributed by atoms with Gasteiger partial charge in [-0.2, -0.15) is 0 Å².